The lowest BCUT2D eigenvalue weighted by molar-refractivity contribution is 0.0643. The number of para-hydroxylation sites is 1. The fourth-order valence-corrected chi connectivity index (χ4v) is 5.18. The van der Waals surface area contributed by atoms with E-state index in [0.29, 0.717) is 12.1 Å². The number of hydrogen-bond donors (Lipinski definition) is 2. The molecule has 1 aliphatic heterocycles. The molecular formula is C28H26F3N3O2. The van der Waals surface area contributed by atoms with Gasteiger partial charge in [-0.3, -0.25) is 9.88 Å². The fraction of sp³-hybridized carbons (Fsp3) is 0.286. The molecule has 3 heterocycles. The molecule has 5 rings (SSSR count). The number of H-pyrrole nitrogens is 1. The number of fused-ring (bicyclic) bond motifs is 3. The SMILES string of the molecule is C[C@@H]1Cc2c([nH]c3ccccc23)[C@@H](c2c(F)cc(-c3ccc(C(=O)O)cn3)cc2F)N1CC(C)(C)F. The Kier molecular flexibility index (Phi) is 5.87. The molecular weight excluding hydrogens is 467 g/mol. The summed E-state index contributed by atoms with van der Waals surface area (Å²) in [5.74, 6) is -2.70. The molecule has 0 spiro atoms. The molecule has 0 amide bonds. The van der Waals surface area contributed by atoms with Crippen molar-refractivity contribution >= 4 is 16.9 Å². The number of hydrogen-bond acceptors (Lipinski definition) is 3. The highest BCUT2D eigenvalue weighted by Gasteiger charge is 2.41. The summed E-state index contributed by atoms with van der Waals surface area (Å²) in [6.45, 7) is 4.85. The number of benzene rings is 2. The van der Waals surface area contributed by atoms with E-state index in [1.54, 1.807) is 0 Å². The third-order valence-corrected chi connectivity index (χ3v) is 6.73. The van der Waals surface area contributed by atoms with E-state index in [9.17, 15) is 9.18 Å². The van der Waals surface area contributed by atoms with Gasteiger partial charge in [-0.05, 0) is 63.1 Å². The van der Waals surface area contributed by atoms with Crippen LogP contribution in [0.5, 0.6) is 0 Å². The van der Waals surface area contributed by atoms with E-state index in [1.165, 1.54) is 38.1 Å². The number of carboxylic acids is 1. The van der Waals surface area contributed by atoms with Gasteiger partial charge in [-0.2, -0.15) is 0 Å². The molecule has 5 nitrogen and oxygen atoms in total. The zero-order chi connectivity index (χ0) is 25.8. The van der Waals surface area contributed by atoms with Crippen LogP contribution >= 0.6 is 0 Å². The quantitative estimate of drug-likeness (QED) is 0.343. The third kappa shape index (κ3) is 4.26. The van der Waals surface area contributed by atoms with Crippen molar-refractivity contribution in [3.8, 4) is 11.3 Å². The van der Waals surface area contributed by atoms with Crippen LogP contribution in [0.4, 0.5) is 13.2 Å². The molecule has 0 bridgehead atoms. The first kappa shape index (κ1) is 24.1. The summed E-state index contributed by atoms with van der Waals surface area (Å²) in [4.78, 5) is 20.3. The van der Waals surface area contributed by atoms with Crippen LogP contribution in [0.15, 0.2) is 54.7 Å². The maximum Gasteiger partial charge on any atom is 0.337 e. The molecule has 2 aromatic carbocycles. The normalized spacial score (nSPS) is 18.4. The summed E-state index contributed by atoms with van der Waals surface area (Å²) in [6, 6.07) is 11.8. The molecule has 186 valence electrons. The number of alkyl halides is 1. The Hall–Kier alpha value is -3.65. The standard InChI is InChI=1S/C28H26F3N3O2/c1-15-10-19-18-6-4-5-7-23(18)33-25(19)26(34(15)14-28(2,3)31)24-20(29)11-17(12-21(24)30)22-9-8-16(13-32-22)27(35)36/h4-9,11-13,15,26,33H,10,14H2,1-3H3,(H,35,36)/t15-,26-/m1/s1. The van der Waals surface area contributed by atoms with Crippen LogP contribution < -0.4 is 0 Å². The van der Waals surface area contributed by atoms with Gasteiger partial charge in [0.1, 0.15) is 17.3 Å². The number of pyridine rings is 1. The number of rotatable bonds is 5. The van der Waals surface area contributed by atoms with Crippen molar-refractivity contribution in [3.63, 3.8) is 0 Å². The first-order chi connectivity index (χ1) is 17.0. The number of nitrogens with one attached hydrogen (secondary N) is 1. The van der Waals surface area contributed by atoms with E-state index in [0.717, 1.165) is 22.7 Å². The van der Waals surface area contributed by atoms with E-state index < -0.39 is 29.3 Å². The third-order valence-electron chi connectivity index (χ3n) is 6.73. The van der Waals surface area contributed by atoms with Crippen molar-refractivity contribution in [2.75, 3.05) is 6.54 Å². The number of carboxylic acid groups (broad SMARTS) is 1. The summed E-state index contributed by atoms with van der Waals surface area (Å²) in [5, 5.41) is 10.1. The Balaban J connectivity index is 1.66. The summed E-state index contributed by atoms with van der Waals surface area (Å²) in [5.41, 5.74) is 1.16. The van der Waals surface area contributed by atoms with Crippen molar-refractivity contribution in [2.24, 2.45) is 0 Å². The van der Waals surface area contributed by atoms with Crippen LogP contribution in [0, 0.1) is 11.6 Å². The summed E-state index contributed by atoms with van der Waals surface area (Å²) in [7, 11) is 0. The molecule has 0 aliphatic carbocycles. The zero-order valence-corrected chi connectivity index (χ0v) is 20.1. The number of nitrogens with zero attached hydrogens (tertiary/aromatic N) is 2. The van der Waals surface area contributed by atoms with Gasteiger partial charge in [-0.25, -0.2) is 18.0 Å². The van der Waals surface area contributed by atoms with Gasteiger partial charge in [-0.15, -0.1) is 0 Å². The van der Waals surface area contributed by atoms with Crippen LogP contribution in [0.3, 0.4) is 0 Å². The summed E-state index contributed by atoms with van der Waals surface area (Å²) < 4.78 is 46.5. The number of aromatic nitrogens is 2. The average Bonchev–Trinajstić information content (AvgIpc) is 3.17. The van der Waals surface area contributed by atoms with Gasteiger partial charge in [0.05, 0.1) is 17.3 Å². The first-order valence-electron chi connectivity index (χ1n) is 11.8. The Morgan fingerprint density at radius 2 is 1.86 bits per heavy atom. The molecule has 0 unspecified atom stereocenters. The minimum Gasteiger partial charge on any atom is -0.478 e. The van der Waals surface area contributed by atoms with Gasteiger partial charge >= 0.3 is 5.97 Å². The van der Waals surface area contributed by atoms with Gasteiger partial charge in [-0.1, -0.05) is 18.2 Å². The number of carbonyl (C=O) groups is 1. The van der Waals surface area contributed by atoms with E-state index in [-0.39, 0.29) is 35.0 Å². The van der Waals surface area contributed by atoms with Crippen molar-refractivity contribution in [3.05, 3.63) is 88.7 Å². The van der Waals surface area contributed by atoms with E-state index in [4.69, 9.17) is 5.11 Å². The Morgan fingerprint density at radius 3 is 2.47 bits per heavy atom. The fourth-order valence-electron chi connectivity index (χ4n) is 5.18. The van der Waals surface area contributed by atoms with Gasteiger partial charge in [0.2, 0.25) is 0 Å². The van der Waals surface area contributed by atoms with Gasteiger partial charge in [0.15, 0.2) is 0 Å². The highest BCUT2D eigenvalue weighted by Crippen LogP contribution is 2.43. The van der Waals surface area contributed by atoms with Crippen LogP contribution in [-0.4, -0.2) is 44.2 Å². The topological polar surface area (TPSA) is 69.2 Å². The van der Waals surface area contributed by atoms with Crippen molar-refractivity contribution < 1.29 is 23.1 Å². The monoisotopic (exact) mass is 493 g/mol. The van der Waals surface area contributed by atoms with Gasteiger partial charge in [0.25, 0.3) is 0 Å². The predicted octanol–water partition coefficient (Wildman–Crippen LogP) is 6.29. The molecule has 2 N–H and O–H groups in total. The maximum atomic E-state index is 15.8. The molecule has 8 heteroatoms. The lowest BCUT2D eigenvalue weighted by Crippen LogP contribution is -2.48. The second-order valence-corrected chi connectivity index (χ2v) is 10.0. The summed E-state index contributed by atoms with van der Waals surface area (Å²) >= 11 is 0. The van der Waals surface area contributed by atoms with Gasteiger partial charge < -0.3 is 10.1 Å². The van der Waals surface area contributed by atoms with E-state index >= 15 is 8.78 Å². The number of aromatic amines is 1. The van der Waals surface area contributed by atoms with Gasteiger partial charge in [0, 0.05) is 46.5 Å². The van der Waals surface area contributed by atoms with Crippen LogP contribution in [-0.2, 0) is 6.42 Å². The largest absolute Gasteiger partial charge is 0.478 e. The molecule has 1 aliphatic rings. The van der Waals surface area contributed by atoms with Crippen LogP contribution in [0.2, 0.25) is 0 Å². The molecule has 36 heavy (non-hydrogen) atoms. The van der Waals surface area contributed by atoms with Crippen LogP contribution in [0.1, 0.15) is 54.0 Å². The Labute approximate surface area is 206 Å². The van der Waals surface area contributed by atoms with Crippen molar-refractivity contribution in [2.45, 2.75) is 44.9 Å². The summed E-state index contributed by atoms with van der Waals surface area (Å²) in [6.07, 6.45) is 1.76. The smallest absolute Gasteiger partial charge is 0.337 e. The molecule has 2 atom stereocenters. The Bertz CT molecular complexity index is 1430. The number of halogens is 3. The maximum absolute atomic E-state index is 15.8. The van der Waals surface area contributed by atoms with Crippen molar-refractivity contribution in [1.29, 1.82) is 0 Å². The number of aromatic carboxylic acids is 1. The molecule has 0 radical (unpaired) electrons. The highest BCUT2D eigenvalue weighted by atomic mass is 19.1. The van der Waals surface area contributed by atoms with Crippen molar-refractivity contribution in [1.82, 2.24) is 14.9 Å². The minimum absolute atomic E-state index is 0.00746. The lowest BCUT2D eigenvalue weighted by atomic mass is 9.86. The van der Waals surface area contributed by atoms with E-state index in [2.05, 4.69) is 9.97 Å². The lowest BCUT2D eigenvalue weighted by Gasteiger charge is -2.43. The Morgan fingerprint density at radius 1 is 1.17 bits per heavy atom. The zero-order valence-electron chi connectivity index (χ0n) is 20.1. The predicted molar refractivity (Wildman–Crippen MR) is 132 cm³/mol. The highest BCUT2D eigenvalue weighted by molar-refractivity contribution is 5.87. The molecule has 0 saturated carbocycles. The molecule has 4 aromatic rings. The second-order valence-electron chi connectivity index (χ2n) is 10.0. The first-order valence-corrected chi connectivity index (χ1v) is 11.8. The average molecular weight is 494 g/mol. The van der Waals surface area contributed by atoms with Crippen LogP contribution in [0.25, 0.3) is 22.2 Å². The van der Waals surface area contributed by atoms with E-state index in [1.807, 2.05) is 36.1 Å². The second kappa shape index (κ2) is 8.78. The minimum atomic E-state index is -1.58. The molecule has 0 saturated heterocycles. The molecule has 0 fully saturated rings. The molecule has 2 aromatic heterocycles.